The standard InChI is InChI=1S/2C36H72O2/c1-33(2)29-25-21-17-13-9-6-5-7-11-15-19-23-27-31-35(36(37)38)32-28-24-20-16-12-8-10-14-18-22-26-30-34(3)4;1-5-7-9-11-18-23-27-31-34(30-26-22-12-10-8-6-2)35(36(37)38)32-28-24-20-17-15-13-14-16-19-21-25-29-33(3)4/h2*33-35H,5-32H2,1-4H3,(H,37,38). The van der Waals surface area contributed by atoms with Crippen LogP contribution in [0.25, 0.3) is 0 Å². The summed E-state index contributed by atoms with van der Waals surface area (Å²) < 4.78 is 0. The molecule has 0 aliphatic carbocycles. The quantitative estimate of drug-likeness (QED) is 0.0595. The highest BCUT2D eigenvalue weighted by Gasteiger charge is 2.27. The maximum absolute atomic E-state index is 12.3. The summed E-state index contributed by atoms with van der Waals surface area (Å²) in [4.78, 5) is 23.9. The molecule has 0 rings (SSSR count). The Morgan fingerprint density at radius 2 is 0.421 bits per heavy atom. The number of aliphatic carboxylic acids is 2. The molecule has 456 valence electrons. The van der Waals surface area contributed by atoms with E-state index >= 15 is 0 Å². The van der Waals surface area contributed by atoms with Crippen molar-refractivity contribution in [1.29, 1.82) is 0 Å². The van der Waals surface area contributed by atoms with Crippen molar-refractivity contribution in [1.82, 2.24) is 0 Å². The van der Waals surface area contributed by atoms with Crippen molar-refractivity contribution in [2.24, 2.45) is 35.5 Å². The Labute approximate surface area is 480 Å². The van der Waals surface area contributed by atoms with Crippen LogP contribution < -0.4 is 0 Å². The van der Waals surface area contributed by atoms with Crippen molar-refractivity contribution in [3.63, 3.8) is 0 Å². The fourth-order valence-electron chi connectivity index (χ4n) is 12.0. The minimum Gasteiger partial charge on any atom is -0.481 e. The third kappa shape index (κ3) is 62.1. The predicted molar refractivity (Wildman–Crippen MR) is 340 cm³/mol. The Kier molecular flexibility index (Phi) is 64.0. The number of rotatable bonds is 62. The maximum Gasteiger partial charge on any atom is 0.306 e. The normalized spacial score (nSPS) is 12.9. The number of hydrogen-bond donors (Lipinski definition) is 2. The number of carboxylic acid groups (broad SMARTS) is 2. The fourth-order valence-corrected chi connectivity index (χ4v) is 12.0. The fraction of sp³-hybridized carbons (Fsp3) is 0.972. The van der Waals surface area contributed by atoms with E-state index in [0.29, 0.717) is 5.92 Å². The number of carboxylic acids is 2. The van der Waals surface area contributed by atoms with E-state index in [9.17, 15) is 19.8 Å². The molecule has 3 unspecified atom stereocenters. The van der Waals surface area contributed by atoms with Crippen molar-refractivity contribution < 1.29 is 19.8 Å². The molecule has 0 amide bonds. The van der Waals surface area contributed by atoms with Gasteiger partial charge in [0.2, 0.25) is 0 Å². The monoisotopic (exact) mass is 1070 g/mol. The Morgan fingerprint density at radius 3 is 0.618 bits per heavy atom. The van der Waals surface area contributed by atoms with E-state index < -0.39 is 11.9 Å². The van der Waals surface area contributed by atoms with E-state index in [1.807, 2.05) is 0 Å². The number of hydrogen-bond acceptors (Lipinski definition) is 2. The van der Waals surface area contributed by atoms with Crippen LogP contribution >= 0.6 is 0 Å². The van der Waals surface area contributed by atoms with Crippen LogP contribution in [-0.2, 0) is 9.59 Å². The summed E-state index contributed by atoms with van der Waals surface area (Å²) in [6.07, 6.45) is 73.5. The molecular formula is C72H144O4. The molecule has 0 aliphatic heterocycles. The Morgan fingerprint density at radius 1 is 0.237 bits per heavy atom. The van der Waals surface area contributed by atoms with Gasteiger partial charge in [-0.1, -0.05) is 383 Å². The summed E-state index contributed by atoms with van der Waals surface area (Å²) in [5.74, 6) is 1.70. The van der Waals surface area contributed by atoms with Gasteiger partial charge in [0.1, 0.15) is 0 Å². The third-order valence-corrected chi connectivity index (χ3v) is 17.3. The SMILES string of the molecule is CC(C)CCCCCCCCCCCCCCCC(CCCCCCCCCCCCCC(C)C)C(=O)O.CCCCCCCCCC(CCCCCCCC)C(CCCCCCCCCCCCCC(C)C)C(=O)O. The lowest BCUT2D eigenvalue weighted by Crippen LogP contribution is -2.24. The van der Waals surface area contributed by atoms with E-state index in [1.54, 1.807) is 0 Å². The van der Waals surface area contributed by atoms with Gasteiger partial charge < -0.3 is 10.2 Å². The molecule has 0 radical (unpaired) electrons. The van der Waals surface area contributed by atoms with Crippen LogP contribution in [-0.4, -0.2) is 22.2 Å². The lowest BCUT2D eigenvalue weighted by molar-refractivity contribution is -0.144. The van der Waals surface area contributed by atoms with Gasteiger partial charge in [-0.2, -0.15) is 0 Å². The van der Waals surface area contributed by atoms with Gasteiger partial charge in [-0.25, -0.2) is 0 Å². The lowest BCUT2D eigenvalue weighted by atomic mass is 9.80. The zero-order chi connectivity index (χ0) is 56.2. The first kappa shape index (κ1) is 77.0. The first-order valence-corrected chi connectivity index (χ1v) is 35.4. The van der Waals surface area contributed by atoms with Crippen LogP contribution in [0.3, 0.4) is 0 Å². The molecule has 4 nitrogen and oxygen atoms in total. The van der Waals surface area contributed by atoms with Crippen molar-refractivity contribution >= 4 is 11.9 Å². The third-order valence-electron chi connectivity index (χ3n) is 17.3. The molecule has 0 heterocycles. The molecule has 3 atom stereocenters. The highest BCUT2D eigenvalue weighted by molar-refractivity contribution is 5.70. The molecular weight excluding hydrogens is 929 g/mol. The second kappa shape index (κ2) is 63.1. The van der Waals surface area contributed by atoms with Crippen molar-refractivity contribution in [2.75, 3.05) is 0 Å². The Hall–Kier alpha value is -1.06. The van der Waals surface area contributed by atoms with Gasteiger partial charge in [0.15, 0.2) is 0 Å². The molecule has 0 bridgehead atoms. The summed E-state index contributed by atoms with van der Waals surface area (Å²) in [6.45, 7) is 18.5. The topological polar surface area (TPSA) is 74.6 Å². The van der Waals surface area contributed by atoms with E-state index in [0.717, 1.165) is 69.1 Å². The van der Waals surface area contributed by atoms with Gasteiger partial charge in [-0.05, 0) is 55.8 Å². The summed E-state index contributed by atoms with van der Waals surface area (Å²) >= 11 is 0. The molecule has 4 heteroatoms. The van der Waals surface area contributed by atoms with Gasteiger partial charge in [0.25, 0.3) is 0 Å². The lowest BCUT2D eigenvalue weighted by Gasteiger charge is -2.24. The maximum atomic E-state index is 12.3. The minimum absolute atomic E-state index is 0.101. The first-order chi connectivity index (χ1) is 37.0. The summed E-state index contributed by atoms with van der Waals surface area (Å²) in [5, 5.41) is 19.7. The molecule has 0 spiro atoms. The van der Waals surface area contributed by atoms with E-state index in [1.165, 1.54) is 308 Å². The highest BCUT2D eigenvalue weighted by Crippen LogP contribution is 2.31. The summed E-state index contributed by atoms with van der Waals surface area (Å²) in [7, 11) is 0. The molecule has 76 heavy (non-hydrogen) atoms. The van der Waals surface area contributed by atoms with E-state index in [-0.39, 0.29) is 11.8 Å². The van der Waals surface area contributed by atoms with E-state index in [4.69, 9.17) is 0 Å². The molecule has 2 N–H and O–H groups in total. The highest BCUT2D eigenvalue weighted by atomic mass is 16.4. The first-order valence-electron chi connectivity index (χ1n) is 35.4. The zero-order valence-corrected chi connectivity index (χ0v) is 53.8. The van der Waals surface area contributed by atoms with Gasteiger partial charge in [-0.3, -0.25) is 9.59 Å². The molecule has 0 aliphatic rings. The van der Waals surface area contributed by atoms with Crippen molar-refractivity contribution in [3.8, 4) is 0 Å². The van der Waals surface area contributed by atoms with Gasteiger partial charge >= 0.3 is 11.9 Å². The van der Waals surface area contributed by atoms with Gasteiger partial charge in [0, 0.05) is 0 Å². The average Bonchev–Trinajstić information content (AvgIpc) is 3.38. The molecule has 0 saturated carbocycles. The van der Waals surface area contributed by atoms with Crippen molar-refractivity contribution in [3.05, 3.63) is 0 Å². The number of carbonyl (C=O) groups is 2. The molecule has 0 fully saturated rings. The van der Waals surface area contributed by atoms with E-state index in [2.05, 4.69) is 55.4 Å². The Balaban J connectivity index is 0. The Bertz CT molecular complexity index is 1110. The van der Waals surface area contributed by atoms with Gasteiger partial charge in [0.05, 0.1) is 11.8 Å². The summed E-state index contributed by atoms with van der Waals surface area (Å²) in [6, 6.07) is 0. The minimum atomic E-state index is -0.557. The second-order valence-corrected chi connectivity index (χ2v) is 26.5. The second-order valence-electron chi connectivity index (χ2n) is 26.5. The molecule has 0 aromatic heterocycles. The van der Waals surface area contributed by atoms with Crippen LogP contribution in [0.1, 0.15) is 415 Å². The van der Waals surface area contributed by atoms with Gasteiger partial charge in [-0.15, -0.1) is 0 Å². The van der Waals surface area contributed by atoms with Crippen LogP contribution in [0.4, 0.5) is 0 Å². The predicted octanol–water partition coefficient (Wildman–Crippen LogP) is 25.8. The number of unbranched alkanes of at least 4 members (excludes halogenated alkanes) is 43. The van der Waals surface area contributed by atoms with Crippen LogP contribution in [0, 0.1) is 35.5 Å². The van der Waals surface area contributed by atoms with Crippen LogP contribution in [0.15, 0.2) is 0 Å². The molecule has 0 saturated heterocycles. The van der Waals surface area contributed by atoms with Crippen LogP contribution in [0.5, 0.6) is 0 Å². The van der Waals surface area contributed by atoms with Crippen LogP contribution in [0.2, 0.25) is 0 Å². The largest absolute Gasteiger partial charge is 0.481 e. The summed E-state index contributed by atoms with van der Waals surface area (Å²) in [5.41, 5.74) is 0. The molecule has 0 aromatic carbocycles. The van der Waals surface area contributed by atoms with Crippen molar-refractivity contribution in [2.45, 2.75) is 415 Å². The smallest absolute Gasteiger partial charge is 0.306 e. The zero-order valence-electron chi connectivity index (χ0n) is 53.8. The molecule has 0 aromatic rings. The average molecular weight is 1070 g/mol.